The summed E-state index contributed by atoms with van der Waals surface area (Å²) in [4.78, 5) is 16.5. The molecule has 1 fully saturated rings. The Labute approximate surface area is 120 Å². The van der Waals surface area contributed by atoms with Crippen molar-refractivity contribution in [2.75, 3.05) is 32.4 Å². The molecule has 1 aliphatic rings. The number of hydrogen-bond acceptors (Lipinski definition) is 4. The van der Waals surface area contributed by atoms with Gasteiger partial charge in [-0.05, 0) is 44.1 Å². The van der Waals surface area contributed by atoms with Crippen molar-refractivity contribution in [1.82, 2.24) is 9.80 Å². The van der Waals surface area contributed by atoms with E-state index in [0.717, 1.165) is 19.5 Å². The Kier molecular flexibility index (Phi) is 4.49. The summed E-state index contributed by atoms with van der Waals surface area (Å²) in [7, 11) is 1.79. The van der Waals surface area contributed by atoms with Crippen LogP contribution in [0.1, 0.15) is 30.1 Å². The van der Waals surface area contributed by atoms with E-state index in [1.165, 1.54) is 18.6 Å². The number of nitrogens with two attached hydrogens (primary N) is 1. The van der Waals surface area contributed by atoms with Crippen molar-refractivity contribution in [3.63, 3.8) is 0 Å². The van der Waals surface area contributed by atoms with Crippen LogP contribution in [0.2, 0.25) is 0 Å². The number of rotatable bonds is 4. The van der Waals surface area contributed by atoms with Crippen molar-refractivity contribution >= 4 is 11.6 Å². The fraction of sp³-hybridized carbons (Fsp3) is 0.533. The number of hydrogen-bond donors (Lipinski definition) is 2. The van der Waals surface area contributed by atoms with Crippen LogP contribution < -0.4 is 5.73 Å². The highest BCUT2D eigenvalue weighted by atomic mass is 16.3. The first kappa shape index (κ1) is 14.7. The molecular formula is C15H23N3O2. The quantitative estimate of drug-likeness (QED) is 0.647. The molecule has 1 aromatic rings. The first-order valence-corrected chi connectivity index (χ1v) is 7.11. The van der Waals surface area contributed by atoms with E-state index < -0.39 is 0 Å². The number of carbonyl (C=O) groups is 1. The lowest BCUT2D eigenvalue weighted by molar-refractivity contribution is 0.0755. The van der Waals surface area contributed by atoms with Crippen LogP contribution in [0.4, 0.5) is 5.69 Å². The summed E-state index contributed by atoms with van der Waals surface area (Å²) in [5.41, 5.74) is 6.59. The van der Waals surface area contributed by atoms with Crippen LogP contribution in [0.25, 0.3) is 0 Å². The van der Waals surface area contributed by atoms with Gasteiger partial charge in [-0.2, -0.15) is 0 Å². The summed E-state index contributed by atoms with van der Waals surface area (Å²) in [6.07, 6.45) is 2.32. The SMILES string of the molecule is CCN1CCCC1CN(C)C(=O)c1cc(O)ccc1N. The molecule has 0 saturated carbocycles. The largest absolute Gasteiger partial charge is 0.508 e. The molecule has 20 heavy (non-hydrogen) atoms. The first-order valence-electron chi connectivity index (χ1n) is 7.11. The van der Waals surface area contributed by atoms with Crippen molar-refractivity contribution in [2.24, 2.45) is 0 Å². The van der Waals surface area contributed by atoms with Crippen LogP contribution in [0.5, 0.6) is 5.75 Å². The lowest BCUT2D eigenvalue weighted by atomic mass is 10.1. The normalized spacial score (nSPS) is 19.2. The number of anilines is 1. The van der Waals surface area contributed by atoms with E-state index in [4.69, 9.17) is 5.73 Å². The van der Waals surface area contributed by atoms with Gasteiger partial charge in [0.1, 0.15) is 5.75 Å². The number of likely N-dealkylation sites (tertiary alicyclic amines) is 1. The zero-order chi connectivity index (χ0) is 14.7. The van der Waals surface area contributed by atoms with E-state index in [2.05, 4.69) is 11.8 Å². The highest BCUT2D eigenvalue weighted by Crippen LogP contribution is 2.22. The fourth-order valence-electron chi connectivity index (χ4n) is 2.85. The van der Waals surface area contributed by atoms with Crippen LogP contribution >= 0.6 is 0 Å². The van der Waals surface area contributed by atoms with Gasteiger partial charge in [0.15, 0.2) is 0 Å². The van der Waals surface area contributed by atoms with Crippen LogP contribution in [-0.2, 0) is 0 Å². The highest BCUT2D eigenvalue weighted by molar-refractivity contribution is 5.99. The van der Waals surface area contributed by atoms with Gasteiger partial charge in [0.2, 0.25) is 0 Å². The third kappa shape index (κ3) is 3.04. The molecule has 0 spiro atoms. The molecule has 2 rings (SSSR count). The number of phenols is 1. The molecule has 0 bridgehead atoms. The average molecular weight is 277 g/mol. The van der Waals surface area contributed by atoms with Crippen molar-refractivity contribution in [3.05, 3.63) is 23.8 Å². The summed E-state index contributed by atoms with van der Waals surface area (Å²) in [6.45, 7) is 4.97. The predicted molar refractivity (Wildman–Crippen MR) is 79.7 cm³/mol. The number of amides is 1. The van der Waals surface area contributed by atoms with E-state index in [9.17, 15) is 9.90 Å². The molecule has 1 saturated heterocycles. The maximum Gasteiger partial charge on any atom is 0.255 e. The second-order valence-electron chi connectivity index (χ2n) is 5.38. The van der Waals surface area contributed by atoms with Gasteiger partial charge in [-0.15, -0.1) is 0 Å². The summed E-state index contributed by atoms with van der Waals surface area (Å²) >= 11 is 0. The molecule has 1 aromatic carbocycles. The average Bonchev–Trinajstić information content (AvgIpc) is 2.87. The number of aromatic hydroxyl groups is 1. The first-order chi connectivity index (χ1) is 9.52. The van der Waals surface area contributed by atoms with Crippen molar-refractivity contribution in [3.8, 4) is 5.75 Å². The zero-order valence-corrected chi connectivity index (χ0v) is 12.2. The Morgan fingerprint density at radius 1 is 1.55 bits per heavy atom. The Morgan fingerprint density at radius 2 is 2.30 bits per heavy atom. The van der Waals surface area contributed by atoms with Crippen molar-refractivity contribution in [1.29, 1.82) is 0 Å². The molecule has 1 aliphatic heterocycles. The lowest BCUT2D eigenvalue weighted by Gasteiger charge is -2.28. The third-order valence-electron chi connectivity index (χ3n) is 4.00. The third-order valence-corrected chi connectivity index (χ3v) is 4.00. The maximum absolute atomic E-state index is 12.4. The Hall–Kier alpha value is -1.75. The van der Waals surface area contributed by atoms with E-state index in [-0.39, 0.29) is 11.7 Å². The van der Waals surface area contributed by atoms with E-state index in [1.54, 1.807) is 18.0 Å². The van der Waals surface area contributed by atoms with Crippen LogP contribution in [0.3, 0.4) is 0 Å². The van der Waals surface area contributed by atoms with Gasteiger partial charge < -0.3 is 15.7 Å². The molecule has 0 aliphatic carbocycles. The molecule has 1 unspecified atom stereocenters. The molecule has 1 atom stereocenters. The standard InChI is InChI=1S/C15H23N3O2/c1-3-18-8-4-5-11(18)10-17(2)15(20)13-9-12(19)6-7-14(13)16/h6-7,9,11,19H,3-5,8,10,16H2,1-2H3. The lowest BCUT2D eigenvalue weighted by Crippen LogP contribution is -2.41. The number of carbonyl (C=O) groups excluding carboxylic acids is 1. The van der Waals surface area contributed by atoms with E-state index >= 15 is 0 Å². The Morgan fingerprint density at radius 3 is 3.00 bits per heavy atom. The van der Waals surface area contributed by atoms with Gasteiger partial charge >= 0.3 is 0 Å². The second kappa shape index (κ2) is 6.13. The molecule has 3 N–H and O–H groups in total. The van der Waals surface area contributed by atoms with Crippen molar-refractivity contribution in [2.45, 2.75) is 25.8 Å². The number of nitrogen functional groups attached to an aromatic ring is 1. The molecule has 110 valence electrons. The van der Waals surface area contributed by atoms with Crippen LogP contribution in [0.15, 0.2) is 18.2 Å². The van der Waals surface area contributed by atoms with Gasteiger partial charge in [0.05, 0.1) is 5.56 Å². The molecule has 0 aromatic heterocycles. The predicted octanol–water partition coefficient (Wildman–Crippen LogP) is 1.53. The van der Waals surface area contributed by atoms with Crippen LogP contribution in [-0.4, -0.2) is 53.5 Å². The molecular weight excluding hydrogens is 254 g/mol. The number of likely N-dealkylation sites (N-methyl/N-ethyl adjacent to an activating group) is 2. The smallest absolute Gasteiger partial charge is 0.255 e. The monoisotopic (exact) mass is 277 g/mol. The number of nitrogens with zero attached hydrogens (tertiary/aromatic N) is 2. The molecule has 0 radical (unpaired) electrons. The topological polar surface area (TPSA) is 69.8 Å². The van der Waals surface area contributed by atoms with Gasteiger partial charge in [0.25, 0.3) is 5.91 Å². The summed E-state index contributed by atoms with van der Waals surface area (Å²) in [5, 5.41) is 9.50. The van der Waals surface area contributed by atoms with Crippen molar-refractivity contribution < 1.29 is 9.90 Å². The Balaban J connectivity index is 2.07. The summed E-state index contributed by atoms with van der Waals surface area (Å²) in [6, 6.07) is 4.90. The molecule has 5 heteroatoms. The van der Waals surface area contributed by atoms with Gasteiger partial charge in [-0.3, -0.25) is 9.69 Å². The maximum atomic E-state index is 12.4. The van der Waals surface area contributed by atoms with E-state index in [0.29, 0.717) is 23.8 Å². The summed E-state index contributed by atoms with van der Waals surface area (Å²) in [5.74, 6) is -0.0756. The second-order valence-corrected chi connectivity index (χ2v) is 5.38. The fourth-order valence-corrected chi connectivity index (χ4v) is 2.85. The van der Waals surface area contributed by atoms with Gasteiger partial charge in [-0.1, -0.05) is 6.92 Å². The Bertz CT molecular complexity index is 490. The highest BCUT2D eigenvalue weighted by Gasteiger charge is 2.26. The molecule has 5 nitrogen and oxygen atoms in total. The van der Waals surface area contributed by atoms with E-state index in [1.807, 2.05) is 0 Å². The number of benzene rings is 1. The molecule has 1 heterocycles. The molecule has 1 amide bonds. The van der Waals surface area contributed by atoms with Gasteiger partial charge in [-0.25, -0.2) is 0 Å². The van der Waals surface area contributed by atoms with Crippen LogP contribution in [0, 0.1) is 0 Å². The zero-order valence-electron chi connectivity index (χ0n) is 12.2. The minimum atomic E-state index is -0.138. The number of phenolic OH excluding ortho intramolecular Hbond substituents is 1. The minimum absolute atomic E-state index is 0.0620. The summed E-state index contributed by atoms with van der Waals surface area (Å²) < 4.78 is 0. The van der Waals surface area contributed by atoms with Gasteiger partial charge in [0, 0.05) is 25.3 Å². The minimum Gasteiger partial charge on any atom is -0.508 e.